The van der Waals surface area contributed by atoms with E-state index in [0.717, 1.165) is 51.1 Å². The Morgan fingerprint density at radius 2 is 1.76 bits per heavy atom. The fourth-order valence-corrected chi connectivity index (χ4v) is 5.32. The number of carboxylic acid groups (broad SMARTS) is 1. The Hall–Kier alpha value is -2.49. The van der Waals surface area contributed by atoms with Crippen molar-refractivity contribution in [3.05, 3.63) is 35.4 Å². The molecule has 0 bridgehead atoms. The number of nitrogens with one attached hydrogen (secondary N) is 1. The van der Waals surface area contributed by atoms with Gasteiger partial charge in [0.05, 0.1) is 5.56 Å². The van der Waals surface area contributed by atoms with Crippen LogP contribution in [-0.2, 0) is 16.1 Å². The van der Waals surface area contributed by atoms with Crippen molar-refractivity contribution in [1.82, 2.24) is 24.9 Å². The van der Waals surface area contributed by atoms with Crippen molar-refractivity contribution in [2.45, 2.75) is 43.9 Å². The number of likely N-dealkylation sites (tertiary alicyclic amines) is 1. The Bertz CT molecular complexity index is 868. The number of rotatable bonds is 6. The zero-order valence-electron chi connectivity index (χ0n) is 19.6. The first-order valence-electron chi connectivity index (χ1n) is 11.9. The van der Waals surface area contributed by atoms with Crippen LogP contribution in [0, 0.1) is 0 Å². The second kappa shape index (κ2) is 10.2. The number of carboxylic acids is 1. The van der Waals surface area contributed by atoms with Crippen LogP contribution in [0.25, 0.3) is 0 Å². The average Bonchev–Trinajstić information content (AvgIpc) is 3.17. The Morgan fingerprint density at radius 3 is 2.42 bits per heavy atom. The summed E-state index contributed by atoms with van der Waals surface area (Å²) in [6.45, 7) is 5.39. The van der Waals surface area contributed by atoms with E-state index in [4.69, 9.17) is 5.11 Å². The molecule has 2 N–H and O–H groups in total. The van der Waals surface area contributed by atoms with Crippen LogP contribution < -0.4 is 5.32 Å². The van der Waals surface area contributed by atoms with Crippen LogP contribution >= 0.6 is 0 Å². The number of carbonyl (C=O) groups excluding carboxylic acids is 2. The highest BCUT2D eigenvalue weighted by atomic mass is 16.4. The van der Waals surface area contributed by atoms with Crippen LogP contribution in [0.5, 0.6) is 0 Å². The fraction of sp³-hybridized carbons (Fsp3) is 0.625. The topological polar surface area (TPSA) is 96.4 Å². The van der Waals surface area contributed by atoms with E-state index in [9.17, 15) is 14.4 Å². The molecule has 2 amide bonds. The molecule has 0 saturated carbocycles. The van der Waals surface area contributed by atoms with Crippen molar-refractivity contribution in [3.8, 4) is 0 Å². The van der Waals surface area contributed by atoms with Gasteiger partial charge in [0.15, 0.2) is 0 Å². The summed E-state index contributed by atoms with van der Waals surface area (Å²) in [5.41, 5.74) is 1.26. The number of amides is 2. The van der Waals surface area contributed by atoms with Crippen LogP contribution in [0.1, 0.15) is 35.2 Å². The molecule has 9 nitrogen and oxygen atoms in total. The predicted molar refractivity (Wildman–Crippen MR) is 124 cm³/mol. The van der Waals surface area contributed by atoms with E-state index >= 15 is 0 Å². The highest BCUT2D eigenvalue weighted by Gasteiger charge is 2.45. The van der Waals surface area contributed by atoms with E-state index in [1.54, 1.807) is 12.1 Å². The molecule has 1 aromatic carbocycles. The van der Waals surface area contributed by atoms with Crippen molar-refractivity contribution in [3.63, 3.8) is 0 Å². The van der Waals surface area contributed by atoms with Crippen LogP contribution in [0.2, 0.25) is 0 Å². The van der Waals surface area contributed by atoms with Crippen molar-refractivity contribution < 1.29 is 19.5 Å². The zero-order chi connectivity index (χ0) is 23.5. The average molecular weight is 458 g/mol. The van der Waals surface area contributed by atoms with Gasteiger partial charge in [-0.15, -0.1) is 0 Å². The quantitative estimate of drug-likeness (QED) is 0.635. The largest absolute Gasteiger partial charge is 0.478 e. The first-order chi connectivity index (χ1) is 15.8. The lowest BCUT2D eigenvalue weighted by Crippen LogP contribution is -2.50. The highest BCUT2D eigenvalue weighted by Crippen LogP contribution is 2.28. The lowest BCUT2D eigenvalue weighted by molar-refractivity contribution is -0.133. The second-order valence-electron chi connectivity index (χ2n) is 9.56. The molecule has 3 atom stereocenters. The molecule has 0 unspecified atom stereocenters. The van der Waals surface area contributed by atoms with Gasteiger partial charge in [-0.25, -0.2) is 4.79 Å². The Kier molecular flexibility index (Phi) is 7.31. The van der Waals surface area contributed by atoms with E-state index in [2.05, 4.69) is 34.1 Å². The van der Waals surface area contributed by atoms with Crippen LogP contribution in [-0.4, -0.2) is 114 Å². The molecule has 0 aliphatic carbocycles. The molecule has 180 valence electrons. The molecule has 9 heteroatoms. The summed E-state index contributed by atoms with van der Waals surface area (Å²) in [5.74, 6) is -0.689. The molecule has 33 heavy (non-hydrogen) atoms. The highest BCUT2D eigenvalue weighted by molar-refractivity contribution is 5.87. The van der Waals surface area contributed by atoms with Gasteiger partial charge in [0.2, 0.25) is 11.8 Å². The minimum absolute atomic E-state index is 0.0411. The van der Waals surface area contributed by atoms with Gasteiger partial charge in [-0.2, -0.15) is 0 Å². The van der Waals surface area contributed by atoms with E-state index < -0.39 is 5.97 Å². The van der Waals surface area contributed by atoms with Gasteiger partial charge in [0.1, 0.15) is 6.04 Å². The summed E-state index contributed by atoms with van der Waals surface area (Å²) in [5, 5.41) is 12.2. The number of hydrogen-bond acceptors (Lipinski definition) is 6. The molecule has 3 aliphatic heterocycles. The fourth-order valence-electron chi connectivity index (χ4n) is 5.32. The first kappa shape index (κ1) is 23.7. The molecule has 0 spiro atoms. The molecule has 3 heterocycles. The van der Waals surface area contributed by atoms with Gasteiger partial charge in [0.25, 0.3) is 0 Å². The van der Waals surface area contributed by atoms with Gasteiger partial charge < -0.3 is 20.2 Å². The summed E-state index contributed by atoms with van der Waals surface area (Å²) < 4.78 is 0. The van der Waals surface area contributed by atoms with Gasteiger partial charge >= 0.3 is 5.97 Å². The molecule has 3 aliphatic rings. The smallest absolute Gasteiger partial charge is 0.335 e. The summed E-state index contributed by atoms with van der Waals surface area (Å²) in [6, 6.07) is 6.86. The number of nitrogens with zero attached hydrogens (tertiary/aromatic N) is 4. The predicted octanol–water partition coefficient (Wildman–Crippen LogP) is 0.312. The van der Waals surface area contributed by atoms with E-state index in [-0.39, 0.29) is 35.5 Å². The van der Waals surface area contributed by atoms with Crippen LogP contribution in [0.15, 0.2) is 24.3 Å². The zero-order valence-corrected chi connectivity index (χ0v) is 19.6. The van der Waals surface area contributed by atoms with Crippen molar-refractivity contribution in [2.75, 3.05) is 53.4 Å². The molecule has 4 rings (SSSR count). The normalized spacial score (nSPS) is 27.2. The van der Waals surface area contributed by atoms with Crippen molar-refractivity contribution in [1.29, 1.82) is 0 Å². The maximum Gasteiger partial charge on any atom is 0.335 e. The first-order valence-corrected chi connectivity index (χ1v) is 11.9. The molecular formula is C24H35N5O4. The molecule has 3 saturated heterocycles. The van der Waals surface area contributed by atoms with Crippen LogP contribution in [0.4, 0.5) is 0 Å². The molecule has 3 fully saturated rings. The lowest BCUT2D eigenvalue weighted by Gasteiger charge is -2.35. The minimum Gasteiger partial charge on any atom is -0.478 e. The number of carbonyl (C=O) groups is 3. The maximum atomic E-state index is 13.0. The van der Waals surface area contributed by atoms with E-state index in [1.165, 1.54) is 0 Å². The summed E-state index contributed by atoms with van der Waals surface area (Å²) in [7, 11) is 4.16. The number of benzene rings is 1. The number of fused-ring (bicyclic) bond motifs is 1. The van der Waals surface area contributed by atoms with Crippen molar-refractivity contribution >= 4 is 17.8 Å². The standard InChI is InChI=1S/C24H35N5O4/c1-26-11-13-28(14-12-26)21(30)8-7-19-15-25-23(31)22-20(27(19)2)9-10-29(22)16-17-3-5-18(6-4-17)24(32)33/h3-6,19-20,22H,7-16H2,1-2H3,(H,25,31)(H,32,33)/t19-,20+,22-/m0/s1. The summed E-state index contributed by atoms with van der Waals surface area (Å²) in [4.78, 5) is 45.5. The molecule has 1 aromatic rings. The SMILES string of the molecule is CN1CCN(C(=O)CC[C@H]2CNC(=O)[C@@H]3[C@@H](CCN3Cc3ccc(C(=O)O)cc3)N2C)CC1. The van der Waals surface area contributed by atoms with Gasteiger partial charge in [-0.05, 0) is 44.6 Å². The summed E-state index contributed by atoms with van der Waals surface area (Å²) >= 11 is 0. The number of piperazine rings is 1. The lowest BCUT2D eigenvalue weighted by atomic mass is 10.0. The van der Waals surface area contributed by atoms with Crippen LogP contribution in [0.3, 0.4) is 0 Å². The molecular weight excluding hydrogens is 422 g/mol. The number of likely N-dealkylation sites (N-methyl/N-ethyl adjacent to an activating group) is 2. The number of hydrogen-bond donors (Lipinski definition) is 2. The third kappa shape index (κ3) is 5.37. The Labute approximate surface area is 195 Å². The third-order valence-electron chi connectivity index (χ3n) is 7.48. The monoisotopic (exact) mass is 457 g/mol. The Balaban J connectivity index is 1.36. The third-order valence-corrected chi connectivity index (χ3v) is 7.48. The van der Waals surface area contributed by atoms with Gasteiger partial charge in [-0.1, -0.05) is 12.1 Å². The van der Waals surface area contributed by atoms with Gasteiger partial charge in [0, 0.05) is 64.3 Å². The van der Waals surface area contributed by atoms with Gasteiger partial charge in [-0.3, -0.25) is 19.4 Å². The maximum absolute atomic E-state index is 13.0. The summed E-state index contributed by atoms with van der Waals surface area (Å²) in [6.07, 6.45) is 2.14. The molecule has 0 radical (unpaired) electrons. The second-order valence-corrected chi connectivity index (χ2v) is 9.56. The van der Waals surface area contributed by atoms with E-state index in [1.807, 2.05) is 17.0 Å². The van der Waals surface area contributed by atoms with E-state index in [0.29, 0.717) is 19.5 Å². The number of aromatic carboxylic acids is 1. The molecule has 0 aromatic heterocycles. The Morgan fingerprint density at radius 1 is 1.06 bits per heavy atom. The minimum atomic E-state index is -0.940. The van der Waals surface area contributed by atoms with Crippen molar-refractivity contribution in [2.24, 2.45) is 0 Å².